The molecule has 5 heteroatoms. The van der Waals surface area contributed by atoms with Crippen molar-refractivity contribution in [3.05, 3.63) is 120 Å². The van der Waals surface area contributed by atoms with Crippen LogP contribution in [0.1, 0.15) is 11.8 Å². The first kappa shape index (κ1) is 25.8. The lowest BCUT2D eigenvalue weighted by molar-refractivity contribution is 0.415. The molecule has 39 heavy (non-hydrogen) atoms. The summed E-state index contributed by atoms with van der Waals surface area (Å²) < 4.78 is 10.7. The summed E-state index contributed by atoms with van der Waals surface area (Å²) in [5.41, 5.74) is 7.30. The van der Waals surface area contributed by atoms with Crippen LogP contribution in [-0.4, -0.2) is 14.2 Å². The Bertz CT molecular complexity index is 1560. The standard InChI is InChI=1S/C34H28N2O2S/c1-24(23-35)22-33-20-21-34(39-33)27-6-4-25(5-7-27)26-8-10-28(11-9-26)36(29-12-16-31(37-2)17-13-29)30-14-18-32(38-3)19-15-30/h4-22H,1-3H3/b24-22-. The van der Waals surface area contributed by atoms with E-state index in [-0.39, 0.29) is 0 Å². The van der Waals surface area contributed by atoms with E-state index in [1.807, 2.05) is 37.3 Å². The van der Waals surface area contributed by atoms with Crippen molar-refractivity contribution in [2.75, 3.05) is 19.1 Å². The van der Waals surface area contributed by atoms with Crippen molar-refractivity contribution in [1.29, 1.82) is 5.26 Å². The van der Waals surface area contributed by atoms with Gasteiger partial charge in [-0.25, -0.2) is 0 Å². The monoisotopic (exact) mass is 528 g/mol. The Labute approximate surface area is 233 Å². The van der Waals surface area contributed by atoms with Gasteiger partial charge in [0, 0.05) is 32.4 Å². The van der Waals surface area contributed by atoms with Gasteiger partial charge in [0.2, 0.25) is 0 Å². The topological polar surface area (TPSA) is 45.5 Å². The van der Waals surface area contributed by atoms with E-state index >= 15 is 0 Å². The lowest BCUT2D eigenvalue weighted by atomic mass is 10.0. The quantitative estimate of drug-likeness (QED) is 0.188. The number of methoxy groups -OCH3 is 2. The Morgan fingerprint density at radius 2 is 1.08 bits per heavy atom. The molecule has 0 atom stereocenters. The number of benzene rings is 4. The minimum atomic E-state index is 0.708. The molecular formula is C34H28N2O2S. The first-order valence-electron chi connectivity index (χ1n) is 12.6. The van der Waals surface area contributed by atoms with Crippen LogP contribution in [0.4, 0.5) is 17.1 Å². The number of allylic oxidation sites excluding steroid dienone is 1. The smallest absolute Gasteiger partial charge is 0.119 e. The van der Waals surface area contributed by atoms with E-state index in [1.54, 1.807) is 25.6 Å². The van der Waals surface area contributed by atoms with Gasteiger partial charge in [-0.3, -0.25) is 0 Å². The molecular weight excluding hydrogens is 500 g/mol. The Balaban J connectivity index is 1.41. The lowest BCUT2D eigenvalue weighted by Gasteiger charge is -2.26. The molecule has 5 rings (SSSR count). The number of thiophene rings is 1. The highest BCUT2D eigenvalue weighted by Gasteiger charge is 2.13. The molecule has 0 amide bonds. The number of nitrogens with zero attached hydrogens (tertiary/aromatic N) is 2. The highest BCUT2D eigenvalue weighted by Crippen LogP contribution is 2.37. The normalized spacial score (nSPS) is 11.1. The summed E-state index contributed by atoms with van der Waals surface area (Å²) in [6.07, 6.45) is 1.92. The molecule has 0 N–H and O–H groups in total. The number of hydrogen-bond donors (Lipinski definition) is 0. The van der Waals surface area contributed by atoms with Gasteiger partial charge in [0.15, 0.2) is 0 Å². The second-order valence-corrected chi connectivity index (χ2v) is 10.1. The van der Waals surface area contributed by atoms with Crippen molar-refractivity contribution in [2.24, 2.45) is 0 Å². The molecule has 0 radical (unpaired) electrons. The van der Waals surface area contributed by atoms with Crippen LogP contribution >= 0.6 is 11.3 Å². The van der Waals surface area contributed by atoms with E-state index in [1.165, 1.54) is 10.4 Å². The third-order valence-electron chi connectivity index (χ3n) is 6.45. The third kappa shape index (κ3) is 5.87. The van der Waals surface area contributed by atoms with Gasteiger partial charge < -0.3 is 14.4 Å². The second kappa shape index (κ2) is 11.7. The van der Waals surface area contributed by atoms with Crippen LogP contribution in [0.15, 0.2) is 115 Å². The summed E-state index contributed by atoms with van der Waals surface area (Å²) in [7, 11) is 3.35. The fourth-order valence-corrected chi connectivity index (χ4v) is 5.39. The molecule has 0 spiro atoms. The van der Waals surface area contributed by atoms with Crippen molar-refractivity contribution >= 4 is 34.5 Å². The number of ether oxygens (including phenoxy) is 2. The summed E-state index contributed by atoms with van der Waals surface area (Å²) >= 11 is 1.69. The minimum Gasteiger partial charge on any atom is -0.497 e. The van der Waals surface area contributed by atoms with Gasteiger partial charge in [-0.1, -0.05) is 36.4 Å². The number of anilines is 3. The minimum absolute atomic E-state index is 0.708. The van der Waals surface area contributed by atoms with Gasteiger partial charge in [0.25, 0.3) is 0 Å². The SMILES string of the molecule is COc1ccc(N(c2ccc(OC)cc2)c2ccc(-c3ccc(-c4ccc(/C=C(/C)C#N)s4)cc3)cc2)cc1. The highest BCUT2D eigenvalue weighted by molar-refractivity contribution is 7.16. The average Bonchev–Trinajstić information content (AvgIpc) is 3.47. The number of nitriles is 1. The predicted octanol–water partition coefficient (Wildman–Crippen LogP) is 9.50. The van der Waals surface area contributed by atoms with Crippen LogP contribution < -0.4 is 14.4 Å². The second-order valence-electron chi connectivity index (χ2n) is 9.00. The van der Waals surface area contributed by atoms with E-state index in [0.717, 1.165) is 44.6 Å². The molecule has 0 aliphatic carbocycles. The van der Waals surface area contributed by atoms with Crippen LogP contribution in [0.3, 0.4) is 0 Å². The molecule has 0 saturated heterocycles. The molecule has 0 aliphatic rings. The molecule has 0 aliphatic heterocycles. The van der Waals surface area contributed by atoms with Gasteiger partial charge in [-0.15, -0.1) is 11.3 Å². The molecule has 0 saturated carbocycles. The van der Waals surface area contributed by atoms with Crippen molar-refractivity contribution in [1.82, 2.24) is 0 Å². The Morgan fingerprint density at radius 3 is 1.54 bits per heavy atom. The summed E-state index contributed by atoms with van der Waals surface area (Å²) in [6.45, 7) is 1.83. The summed E-state index contributed by atoms with van der Waals surface area (Å²) in [4.78, 5) is 4.48. The van der Waals surface area contributed by atoms with E-state index < -0.39 is 0 Å². The first-order chi connectivity index (χ1) is 19.1. The van der Waals surface area contributed by atoms with Crippen LogP contribution in [0, 0.1) is 11.3 Å². The molecule has 5 aromatic rings. The Morgan fingerprint density at radius 1 is 0.641 bits per heavy atom. The highest BCUT2D eigenvalue weighted by atomic mass is 32.1. The fourth-order valence-electron chi connectivity index (χ4n) is 4.37. The van der Waals surface area contributed by atoms with Crippen molar-refractivity contribution in [3.8, 4) is 39.1 Å². The van der Waals surface area contributed by atoms with Gasteiger partial charge in [0.1, 0.15) is 11.5 Å². The maximum Gasteiger partial charge on any atom is 0.119 e. The lowest BCUT2D eigenvalue weighted by Crippen LogP contribution is -2.09. The molecule has 0 fully saturated rings. The maximum absolute atomic E-state index is 9.04. The zero-order valence-corrected chi connectivity index (χ0v) is 22.9. The zero-order chi connectivity index (χ0) is 27.2. The summed E-state index contributed by atoms with van der Waals surface area (Å²) in [5.74, 6) is 1.64. The van der Waals surface area contributed by atoms with Crippen molar-refractivity contribution < 1.29 is 9.47 Å². The number of hydrogen-bond acceptors (Lipinski definition) is 5. The third-order valence-corrected chi connectivity index (χ3v) is 7.53. The van der Waals surface area contributed by atoms with Gasteiger partial charge in [-0.2, -0.15) is 5.26 Å². The van der Waals surface area contributed by atoms with E-state index in [2.05, 4.69) is 95.9 Å². The number of rotatable bonds is 8. The average molecular weight is 529 g/mol. The van der Waals surface area contributed by atoms with Crippen molar-refractivity contribution in [2.45, 2.75) is 6.92 Å². The summed E-state index contributed by atoms with van der Waals surface area (Å²) in [6, 6.07) is 39.7. The van der Waals surface area contributed by atoms with Crippen molar-refractivity contribution in [3.63, 3.8) is 0 Å². The predicted molar refractivity (Wildman–Crippen MR) is 162 cm³/mol. The molecule has 0 unspecified atom stereocenters. The van der Waals surface area contributed by atoms with E-state index in [9.17, 15) is 0 Å². The van der Waals surface area contributed by atoms with Gasteiger partial charge >= 0.3 is 0 Å². The van der Waals surface area contributed by atoms with Crippen LogP contribution in [0.5, 0.6) is 11.5 Å². The van der Waals surface area contributed by atoms with Crippen LogP contribution in [-0.2, 0) is 0 Å². The molecule has 1 heterocycles. The summed E-state index contributed by atoms with van der Waals surface area (Å²) in [5, 5.41) is 9.04. The molecule has 1 aromatic heterocycles. The van der Waals surface area contributed by atoms with E-state index in [0.29, 0.717) is 5.57 Å². The maximum atomic E-state index is 9.04. The Hall–Kier alpha value is -4.79. The fraction of sp³-hybridized carbons (Fsp3) is 0.0882. The molecule has 192 valence electrons. The molecule has 0 bridgehead atoms. The van der Waals surface area contributed by atoms with Gasteiger partial charge in [0.05, 0.1) is 20.3 Å². The Kier molecular flexibility index (Phi) is 7.77. The zero-order valence-electron chi connectivity index (χ0n) is 22.1. The first-order valence-corrected chi connectivity index (χ1v) is 13.4. The van der Waals surface area contributed by atoms with Gasteiger partial charge in [-0.05, 0) is 102 Å². The largest absolute Gasteiger partial charge is 0.497 e. The molecule has 4 aromatic carbocycles. The van der Waals surface area contributed by atoms with E-state index in [4.69, 9.17) is 14.7 Å². The van der Waals surface area contributed by atoms with Crippen LogP contribution in [0.2, 0.25) is 0 Å². The molecule has 4 nitrogen and oxygen atoms in total. The van der Waals surface area contributed by atoms with Crippen LogP contribution in [0.25, 0.3) is 27.6 Å².